The molecule has 1 unspecified atom stereocenters. The summed E-state index contributed by atoms with van der Waals surface area (Å²) >= 11 is 4.21. The van der Waals surface area contributed by atoms with Gasteiger partial charge in [0.25, 0.3) is 5.69 Å². The molecule has 0 radical (unpaired) electrons. The molecule has 0 aromatic heterocycles. The minimum absolute atomic E-state index is 0.0522. The van der Waals surface area contributed by atoms with E-state index >= 15 is 0 Å². The van der Waals surface area contributed by atoms with Gasteiger partial charge in [0.05, 0.1) is 17.6 Å². The molecule has 16 heavy (non-hydrogen) atoms. The summed E-state index contributed by atoms with van der Waals surface area (Å²) in [5.74, 6) is 1.67. The molecule has 0 heterocycles. The Labute approximate surface area is 100 Å². The molecule has 1 aromatic carbocycles. The van der Waals surface area contributed by atoms with Crippen molar-refractivity contribution in [3.63, 3.8) is 0 Å². The summed E-state index contributed by atoms with van der Waals surface area (Å²) in [5.41, 5.74) is 0.0522. The van der Waals surface area contributed by atoms with Gasteiger partial charge in [-0.2, -0.15) is 12.6 Å². The quantitative estimate of drug-likeness (QED) is 0.473. The lowest BCUT2D eigenvalue weighted by molar-refractivity contribution is -0.384. The molecule has 0 bridgehead atoms. The van der Waals surface area contributed by atoms with Crippen molar-refractivity contribution in [1.82, 2.24) is 0 Å². The zero-order valence-corrected chi connectivity index (χ0v) is 10.0. The minimum atomic E-state index is -0.428. The molecule has 0 aliphatic heterocycles. The second kappa shape index (κ2) is 6.37. The van der Waals surface area contributed by atoms with E-state index < -0.39 is 4.92 Å². The third-order valence-electron chi connectivity index (χ3n) is 2.35. The maximum atomic E-state index is 10.5. The number of hydrogen-bond acceptors (Lipinski definition) is 4. The molecule has 0 spiro atoms. The molecule has 0 aliphatic rings. The number of non-ortho nitro benzene ring substituents is 1. The second-order valence-corrected chi connectivity index (χ2v) is 3.89. The first-order valence-corrected chi connectivity index (χ1v) is 5.78. The van der Waals surface area contributed by atoms with Gasteiger partial charge in [0.15, 0.2) is 0 Å². The van der Waals surface area contributed by atoms with Gasteiger partial charge in [-0.25, -0.2) is 0 Å². The first kappa shape index (κ1) is 12.8. The molecule has 0 aliphatic carbocycles. The molecule has 1 rings (SSSR count). The molecule has 4 nitrogen and oxygen atoms in total. The van der Waals surface area contributed by atoms with Crippen LogP contribution in [0.3, 0.4) is 0 Å². The average Bonchev–Trinajstić information content (AvgIpc) is 2.31. The molecule has 88 valence electrons. The Morgan fingerprint density at radius 3 is 2.88 bits per heavy atom. The van der Waals surface area contributed by atoms with E-state index in [0.29, 0.717) is 18.3 Å². The van der Waals surface area contributed by atoms with Crippen molar-refractivity contribution in [3.05, 3.63) is 34.4 Å². The Hall–Kier alpha value is -1.23. The smallest absolute Gasteiger partial charge is 0.273 e. The van der Waals surface area contributed by atoms with Crippen molar-refractivity contribution < 1.29 is 9.66 Å². The highest BCUT2D eigenvalue weighted by Gasteiger charge is 2.08. The molecule has 0 N–H and O–H groups in total. The first-order valence-electron chi connectivity index (χ1n) is 5.15. The highest BCUT2D eigenvalue weighted by molar-refractivity contribution is 7.80. The van der Waals surface area contributed by atoms with Gasteiger partial charge in [0.2, 0.25) is 0 Å². The van der Waals surface area contributed by atoms with Crippen molar-refractivity contribution in [2.24, 2.45) is 5.92 Å². The van der Waals surface area contributed by atoms with E-state index in [1.165, 1.54) is 12.1 Å². The minimum Gasteiger partial charge on any atom is -0.493 e. The summed E-state index contributed by atoms with van der Waals surface area (Å²) < 4.78 is 5.49. The molecule has 5 heteroatoms. The number of nitrogens with zero attached hydrogens (tertiary/aromatic N) is 1. The van der Waals surface area contributed by atoms with Gasteiger partial charge < -0.3 is 4.74 Å². The fraction of sp³-hybridized carbons (Fsp3) is 0.455. The van der Waals surface area contributed by atoms with Crippen molar-refractivity contribution in [2.75, 3.05) is 12.4 Å². The van der Waals surface area contributed by atoms with E-state index in [9.17, 15) is 10.1 Å². The average molecular weight is 241 g/mol. The standard InChI is InChI=1S/C11H15NO3S/c1-2-9(8-16)7-15-11-5-3-4-10(6-11)12(13)14/h3-6,9,16H,2,7-8H2,1H3. The molecule has 1 atom stereocenters. The van der Waals surface area contributed by atoms with E-state index in [4.69, 9.17) is 4.74 Å². The van der Waals surface area contributed by atoms with Crippen LogP contribution in [0.25, 0.3) is 0 Å². The lowest BCUT2D eigenvalue weighted by Crippen LogP contribution is -2.12. The summed E-state index contributed by atoms with van der Waals surface area (Å²) in [5, 5.41) is 10.5. The summed E-state index contributed by atoms with van der Waals surface area (Å²) in [6, 6.07) is 6.22. The molecule has 0 saturated heterocycles. The molecule has 0 amide bonds. The first-order chi connectivity index (χ1) is 7.67. The highest BCUT2D eigenvalue weighted by Crippen LogP contribution is 2.20. The largest absolute Gasteiger partial charge is 0.493 e. The van der Waals surface area contributed by atoms with Crippen LogP contribution >= 0.6 is 12.6 Å². The SMILES string of the molecule is CCC(CS)COc1cccc([N+](=O)[O-])c1. The number of nitro groups is 1. The lowest BCUT2D eigenvalue weighted by atomic mass is 10.1. The van der Waals surface area contributed by atoms with Crippen LogP contribution in [0.1, 0.15) is 13.3 Å². The Morgan fingerprint density at radius 1 is 1.56 bits per heavy atom. The predicted molar refractivity (Wildman–Crippen MR) is 66.2 cm³/mol. The monoisotopic (exact) mass is 241 g/mol. The van der Waals surface area contributed by atoms with Crippen LogP contribution in [0.4, 0.5) is 5.69 Å². The van der Waals surface area contributed by atoms with Crippen LogP contribution in [0.5, 0.6) is 5.75 Å². The van der Waals surface area contributed by atoms with E-state index in [1.54, 1.807) is 12.1 Å². The fourth-order valence-electron chi connectivity index (χ4n) is 1.20. The Bertz CT molecular complexity index is 353. The van der Waals surface area contributed by atoms with E-state index in [1.807, 2.05) is 0 Å². The molecule has 0 saturated carbocycles. The summed E-state index contributed by atoms with van der Waals surface area (Å²) in [4.78, 5) is 10.1. The topological polar surface area (TPSA) is 52.4 Å². The van der Waals surface area contributed by atoms with Gasteiger partial charge in [-0.3, -0.25) is 10.1 Å². The summed E-state index contributed by atoms with van der Waals surface area (Å²) in [6.45, 7) is 2.61. The maximum absolute atomic E-state index is 10.5. The second-order valence-electron chi connectivity index (χ2n) is 3.52. The van der Waals surface area contributed by atoms with Crippen LogP contribution in [0, 0.1) is 16.0 Å². The number of nitro benzene ring substituents is 1. The molecular formula is C11H15NO3S. The summed E-state index contributed by atoms with van der Waals surface area (Å²) in [7, 11) is 0. The van der Waals surface area contributed by atoms with Crippen molar-refractivity contribution in [2.45, 2.75) is 13.3 Å². The fourth-order valence-corrected chi connectivity index (χ4v) is 1.56. The van der Waals surface area contributed by atoms with Crippen LogP contribution in [0.2, 0.25) is 0 Å². The number of benzene rings is 1. The molecule has 1 aromatic rings. The Kier molecular flexibility index (Phi) is 5.11. The van der Waals surface area contributed by atoms with Gasteiger partial charge in [0.1, 0.15) is 5.75 Å². The zero-order chi connectivity index (χ0) is 12.0. The summed E-state index contributed by atoms with van der Waals surface area (Å²) in [6.07, 6.45) is 0.985. The van der Waals surface area contributed by atoms with Gasteiger partial charge in [-0.15, -0.1) is 0 Å². The molecule has 0 fully saturated rings. The third-order valence-corrected chi connectivity index (χ3v) is 2.87. The van der Waals surface area contributed by atoms with E-state index in [2.05, 4.69) is 19.6 Å². The Morgan fingerprint density at radius 2 is 2.31 bits per heavy atom. The highest BCUT2D eigenvalue weighted by atomic mass is 32.1. The predicted octanol–water partition coefficient (Wildman–Crippen LogP) is 2.93. The van der Waals surface area contributed by atoms with Crippen LogP contribution in [-0.4, -0.2) is 17.3 Å². The Balaban J connectivity index is 2.60. The third kappa shape index (κ3) is 3.73. The van der Waals surface area contributed by atoms with Crippen molar-refractivity contribution in [1.29, 1.82) is 0 Å². The van der Waals surface area contributed by atoms with Gasteiger partial charge >= 0.3 is 0 Å². The zero-order valence-electron chi connectivity index (χ0n) is 9.13. The molecular weight excluding hydrogens is 226 g/mol. The van der Waals surface area contributed by atoms with Crippen molar-refractivity contribution in [3.8, 4) is 5.75 Å². The van der Waals surface area contributed by atoms with E-state index in [0.717, 1.165) is 12.2 Å². The van der Waals surface area contributed by atoms with Crippen LogP contribution < -0.4 is 4.74 Å². The van der Waals surface area contributed by atoms with Crippen LogP contribution in [-0.2, 0) is 0 Å². The maximum Gasteiger partial charge on any atom is 0.273 e. The lowest BCUT2D eigenvalue weighted by Gasteiger charge is -2.12. The van der Waals surface area contributed by atoms with Crippen molar-refractivity contribution >= 4 is 18.3 Å². The number of ether oxygens (including phenoxy) is 1. The van der Waals surface area contributed by atoms with E-state index in [-0.39, 0.29) is 5.69 Å². The number of thiol groups is 1. The number of hydrogen-bond donors (Lipinski definition) is 1. The van der Waals surface area contributed by atoms with Gasteiger partial charge in [-0.1, -0.05) is 13.0 Å². The van der Waals surface area contributed by atoms with Gasteiger partial charge in [-0.05, 0) is 18.2 Å². The van der Waals surface area contributed by atoms with Crippen LogP contribution in [0.15, 0.2) is 24.3 Å². The van der Waals surface area contributed by atoms with Gasteiger partial charge in [0, 0.05) is 12.0 Å². The normalized spacial score (nSPS) is 12.1. The number of rotatable bonds is 6.